The van der Waals surface area contributed by atoms with E-state index in [1.165, 1.54) is 20.0 Å². The number of carbonyl (C=O) groups is 1. The van der Waals surface area contributed by atoms with Crippen LogP contribution in [0.1, 0.15) is 39.5 Å². The predicted molar refractivity (Wildman–Crippen MR) is 60.7 cm³/mol. The predicted octanol–water partition coefficient (Wildman–Crippen LogP) is 2.06. The fourth-order valence-corrected chi connectivity index (χ4v) is 2.12. The van der Waals surface area contributed by atoms with Gasteiger partial charge in [0.05, 0.1) is 7.11 Å². The van der Waals surface area contributed by atoms with Crippen LogP contribution in [-0.4, -0.2) is 37.1 Å². The largest absolute Gasteiger partial charge is 0.468 e. The number of rotatable bonds is 6. The summed E-state index contributed by atoms with van der Waals surface area (Å²) in [4.78, 5) is 13.9. The minimum Gasteiger partial charge on any atom is -0.468 e. The zero-order valence-electron chi connectivity index (χ0n) is 10.3. The quantitative estimate of drug-likeness (QED) is 0.632. The molecule has 88 valence electrons. The van der Waals surface area contributed by atoms with Gasteiger partial charge in [0.15, 0.2) is 0 Å². The van der Waals surface area contributed by atoms with Crippen LogP contribution in [0.5, 0.6) is 0 Å². The van der Waals surface area contributed by atoms with Gasteiger partial charge in [-0.25, -0.2) is 0 Å². The molecule has 0 saturated heterocycles. The highest BCUT2D eigenvalue weighted by atomic mass is 16.5. The first-order valence-corrected chi connectivity index (χ1v) is 5.91. The molecule has 1 aliphatic rings. The fourth-order valence-electron chi connectivity index (χ4n) is 2.12. The second-order valence-corrected chi connectivity index (χ2v) is 4.61. The SMILES string of the molecule is CCCC(C)N(C)C(C(=O)OC)C1CC1. The van der Waals surface area contributed by atoms with E-state index in [0.717, 1.165) is 12.8 Å². The van der Waals surface area contributed by atoms with Gasteiger partial charge < -0.3 is 4.74 Å². The molecule has 0 bridgehead atoms. The zero-order chi connectivity index (χ0) is 11.4. The Morgan fingerprint density at radius 3 is 2.53 bits per heavy atom. The number of methoxy groups -OCH3 is 1. The number of carbonyl (C=O) groups excluding carboxylic acids is 1. The average molecular weight is 213 g/mol. The molecule has 0 spiro atoms. The molecule has 3 nitrogen and oxygen atoms in total. The van der Waals surface area contributed by atoms with Crippen molar-refractivity contribution in [2.75, 3.05) is 14.2 Å². The van der Waals surface area contributed by atoms with Crippen LogP contribution in [0.25, 0.3) is 0 Å². The Morgan fingerprint density at radius 2 is 2.13 bits per heavy atom. The van der Waals surface area contributed by atoms with Gasteiger partial charge in [0.1, 0.15) is 6.04 Å². The summed E-state index contributed by atoms with van der Waals surface area (Å²) >= 11 is 0. The molecule has 0 amide bonds. The van der Waals surface area contributed by atoms with Gasteiger partial charge in [-0.05, 0) is 39.2 Å². The third kappa shape index (κ3) is 3.20. The van der Waals surface area contributed by atoms with Crippen LogP contribution in [-0.2, 0) is 9.53 Å². The lowest BCUT2D eigenvalue weighted by atomic mass is 10.1. The lowest BCUT2D eigenvalue weighted by molar-refractivity contribution is -0.148. The molecule has 0 aliphatic heterocycles. The number of hydrogen-bond acceptors (Lipinski definition) is 3. The average Bonchev–Trinajstić information content (AvgIpc) is 3.02. The van der Waals surface area contributed by atoms with Crippen molar-refractivity contribution in [3.8, 4) is 0 Å². The zero-order valence-corrected chi connectivity index (χ0v) is 10.3. The minimum absolute atomic E-state index is 0.0171. The van der Waals surface area contributed by atoms with E-state index in [2.05, 4.69) is 18.7 Å². The number of ether oxygens (including phenoxy) is 1. The molecular formula is C12H23NO2. The first kappa shape index (κ1) is 12.5. The van der Waals surface area contributed by atoms with Crippen molar-refractivity contribution < 1.29 is 9.53 Å². The Bertz CT molecular complexity index is 214. The first-order chi connectivity index (χ1) is 7.11. The van der Waals surface area contributed by atoms with Crippen molar-refractivity contribution in [2.24, 2.45) is 5.92 Å². The molecule has 0 radical (unpaired) electrons. The minimum atomic E-state index is -0.0667. The number of likely N-dealkylation sites (N-methyl/N-ethyl adjacent to an activating group) is 1. The summed E-state index contributed by atoms with van der Waals surface area (Å²) in [6, 6.07) is 0.441. The number of esters is 1. The maximum atomic E-state index is 11.7. The van der Waals surface area contributed by atoms with Crippen LogP contribution in [0.2, 0.25) is 0 Å². The molecule has 3 heteroatoms. The molecule has 0 aromatic rings. The van der Waals surface area contributed by atoms with Crippen molar-refractivity contribution in [2.45, 2.75) is 51.6 Å². The summed E-state index contributed by atoms with van der Waals surface area (Å²) in [6.07, 6.45) is 4.63. The normalized spacial score (nSPS) is 20.1. The third-order valence-electron chi connectivity index (χ3n) is 3.35. The van der Waals surface area contributed by atoms with E-state index >= 15 is 0 Å². The van der Waals surface area contributed by atoms with Gasteiger partial charge in [-0.3, -0.25) is 9.69 Å². The first-order valence-electron chi connectivity index (χ1n) is 5.91. The van der Waals surface area contributed by atoms with Crippen LogP contribution in [0, 0.1) is 5.92 Å². The topological polar surface area (TPSA) is 29.5 Å². The molecule has 1 aliphatic carbocycles. The summed E-state index contributed by atoms with van der Waals surface area (Å²) in [5.41, 5.74) is 0. The van der Waals surface area contributed by atoms with E-state index in [9.17, 15) is 4.79 Å². The molecule has 0 heterocycles. The third-order valence-corrected chi connectivity index (χ3v) is 3.35. The monoisotopic (exact) mass is 213 g/mol. The molecule has 1 fully saturated rings. The van der Waals surface area contributed by atoms with E-state index in [-0.39, 0.29) is 12.0 Å². The maximum absolute atomic E-state index is 11.7. The number of hydrogen-bond donors (Lipinski definition) is 0. The second-order valence-electron chi connectivity index (χ2n) is 4.61. The molecule has 1 saturated carbocycles. The van der Waals surface area contributed by atoms with Crippen molar-refractivity contribution in [1.82, 2.24) is 4.90 Å². The van der Waals surface area contributed by atoms with Crippen LogP contribution in [0.3, 0.4) is 0 Å². The summed E-state index contributed by atoms with van der Waals surface area (Å²) in [5.74, 6) is 0.463. The maximum Gasteiger partial charge on any atom is 0.323 e. The van der Waals surface area contributed by atoms with Gasteiger partial charge >= 0.3 is 5.97 Å². The van der Waals surface area contributed by atoms with Gasteiger partial charge in [-0.1, -0.05) is 13.3 Å². The van der Waals surface area contributed by atoms with E-state index in [1.54, 1.807) is 0 Å². The van der Waals surface area contributed by atoms with E-state index in [0.29, 0.717) is 12.0 Å². The lowest BCUT2D eigenvalue weighted by Crippen LogP contribution is -2.45. The van der Waals surface area contributed by atoms with Crippen LogP contribution in [0.15, 0.2) is 0 Å². The van der Waals surface area contributed by atoms with Crippen molar-refractivity contribution in [3.63, 3.8) is 0 Å². The van der Waals surface area contributed by atoms with Crippen molar-refractivity contribution in [3.05, 3.63) is 0 Å². The van der Waals surface area contributed by atoms with Crippen molar-refractivity contribution >= 4 is 5.97 Å². The van der Waals surface area contributed by atoms with Crippen molar-refractivity contribution in [1.29, 1.82) is 0 Å². The molecule has 0 aromatic carbocycles. The smallest absolute Gasteiger partial charge is 0.323 e. The summed E-state index contributed by atoms with van der Waals surface area (Å²) in [5, 5.41) is 0. The highest BCUT2D eigenvalue weighted by Crippen LogP contribution is 2.36. The Hall–Kier alpha value is -0.570. The Morgan fingerprint density at radius 1 is 1.53 bits per heavy atom. The fraction of sp³-hybridized carbons (Fsp3) is 0.917. The molecular weight excluding hydrogens is 190 g/mol. The van der Waals surface area contributed by atoms with Gasteiger partial charge in [0.25, 0.3) is 0 Å². The number of nitrogens with zero attached hydrogens (tertiary/aromatic N) is 1. The van der Waals surface area contributed by atoms with Crippen LogP contribution >= 0.6 is 0 Å². The van der Waals surface area contributed by atoms with Gasteiger partial charge in [0.2, 0.25) is 0 Å². The van der Waals surface area contributed by atoms with Gasteiger partial charge in [0, 0.05) is 6.04 Å². The summed E-state index contributed by atoms with van der Waals surface area (Å²) in [6.45, 7) is 4.36. The second kappa shape index (κ2) is 5.50. The molecule has 0 aromatic heterocycles. The lowest BCUT2D eigenvalue weighted by Gasteiger charge is -2.31. The molecule has 0 N–H and O–H groups in total. The molecule has 2 unspecified atom stereocenters. The summed E-state index contributed by atoms with van der Waals surface area (Å²) < 4.78 is 4.88. The molecule has 1 rings (SSSR count). The van der Waals surface area contributed by atoms with Crippen LogP contribution in [0.4, 0.5) is 0 Å². The van der Waals surface area contributed by atoms with Gasteiger partial charge in [-0.15, -0.1) is 0 Å². The Labute approximate surface area is 92.8 Å². The van der Waals surface area contributed by atoms with E-state index < -0.39 is 0 Å². The Kier molecular flexibility index (Phi) is 4.58. The highest BCUT2D eigenvalue weighted by Gasteiger charge is 2.40. The van der Waals surface area contributed by atoms with E-state index in [1.807, 2.05) is 7.05 Å². The highest BCUT2D eigenvalue weighted by molar-refractivity contribution is 5.76. The standard InChI is InChI=1S/C12H23NO2/c1-5-6-9(2)13(3)11(10-7-8-10)12(14)15-4/h9-11H,5-8H2,1-4H3. The van der Waals surface area contributed by atoms with Gasteiger partial charge in [-0.2, -0.15) is 0 Å². The Balaban J connectivity index is 2.58. The van der Waals surface area contributed by atoms with Crippen LogP contribution < -0.4 is 0 Å². The molecule has 15 heavy (non-hydrogen) atoms. The molecule has 2 atom stereocenters. The van der Waals surface area contributed by atoms with E-state index in [4.69, 9.17) is 4.74 Å². The summed E-state index contributed by atoms with van der Waals surface area (Å²) in [7, 11) is 3.52.